The second kappa shape index (κ2) is 11.2. The van der Waals surface area contributed by atoms with Crippen molar-refractivity contribution in [1.82, 2.24) is 0 Å². The molecule has 3 aromatic carbocycles. The molecule has 0 saturated carbocycles. The zero-order chi connectivity index (χ0) is 24.8. The topological polar surface area (TPSA) is 82.1 Å². The van der Waals surface area contributed by atoms with E-state index in [0.717, 1.165) is 27.4 Å². The van der Waals surface area contributed by atoms with Crippen molar-refractivity contribution in [3.8, 4) is 11.5 Å². The van der Waals surface area contributed by atoms with Crippen LogP contribution in [0.1, 0.15) is 6.92 Å². The number of benzene rings is 3. The summed E-state index contributed by atoms with van der Waals surface area (Å²) in [4.78, 5) is 2.97. The van der Waals surface area contributed by atoms with E-state index < -0.39 is 32.4 Å². The van der Waals surface area contributed by atoms with Gasteiger partial charge in [-0.3, -0.25) is 4.55 Å². The van der Waals surface area contributed by atoms with Gasteiger partial charge in [-0.1, -0.05) is 18.2 Å². The van der Waals surface area contributed by atoms with Crippen LogP contribution in [0, 0.1) is 0 Å². The number of ether oxygens (including phenoxy) is 3. The summed E-state index contributed by atoms with van der Waals surface area (Å²) >= 11 is 0. The average molecular weight is 512 g/mol. The standard InChI is InChI=1S/C24H24F2O6S2/c1-18(24(25,26)34(27,28)29)32-20-10-14-23(15-11-20)33(21-6-4-3-5-7-21)22-12-8-19(9-13-22)31-17-16-30-2/h3-15,18H,16-17H2,1-2H3/p+1. The fourth-order valence-electron chi connectivity index (χ4n) is 3.02. The van der Waals surface area contributed by atoms with Gasteiger partial charge in [-0.05, 0) is 67.6 Å². The van der Waals surface area contributed by atoms with Crippen molar-refractivity contribution in [3.05, 3.63) is 78.9 Å². The normalized spacial score (nSPS) is 13.8. The van der Waals surface area contributed by atoms with Crippen LogP contribution in [-0.4, -0.2) is 44.7 Å². The second-order valence-electron chi connectivity index (χ2n) is 7.20. The lowest BCUT2D eigenvalue weighted by molar-refractivity contribution is -0.0236. The van der Waals surface area contributed by atoms with E-state index in [1.165, 1.54) is 12.1 Å². The number of rotatable bonds is 11. The van der Waals surface area contributed by atoms with Crippen LogP contribution in [0.3, 0.4) is 0 Å². The Hall–Kier alpha value is -2.66. The Labute approximate surface area is 200 Å². The molecular weight excluding hydrogens is 486 g/mol. The van der Waals surface area contributed by atoms with Crippen molar-refractivity contribution in [2.24, 2.45) is 0 Å². The summed E-state index contributed by atoms with van der Waals surface area (Å²) in [5.41, 5.74) is 0. The van der Waals surface area contributed by atoms with Gasteiger partial charge in [0.05, 0.1) is 17.5 Å². The third-order valence-electron chi connectivity index (χ3n) is 4.78. The molecule has 1 N–H and O–H groups in total. The number of alkyl halides is 2. The van der Waals surface area contributed by atoms with Crippen LogP contribution in [0.5, 0.6) is 11.5 Å². The quantitative estimate of drug-likeness (QED) is 0.220. The molecule has 0 aliphatic heterocycles. The maximum atomic E-state index is 13.8. The largest absolute Gasteiger partial charge is 0.491 e. The third-order valence-corrected chi connectivity index (χ3v) is 8.03. The summed E-state index contributed by atoms with van der Waals surface area (Å²) in [5.74, 6) is 0.771. The van der Waals surface area contributed by atoms with Gasteiger partial charge < -0.3 is 14.2 Å². The maximum absolute atomic E-state index is 13.8. The van der Waals surface area contributed by atoms with E-state index in [2.05, 4.69) is 0 Å². The summed E-state index contributed by atoms with van der Waals surface area (Å²) in [6.07, 6.45) is -2.08. The van der Waals surface area contributed by atoms with Crippen molar-refractivity contribution in [2.75, 3.05) is 20.3 Å². The summed E-state index contributed by atoms with van der Waals surface area (Å²) in [7, 11) is -4.50. The van der Waals surface area contributed by atoms with Crippen molar-refractivity contribution in [1.29, 1.82) is 0 Å². The Balaban J connectivity index is 1.85. The monoisotopic (exact) mass is 511 g/mol. The molecule has 0 saturated heterocycles. The Morgan fingerprint density at radius 1 is 0.853 bits per heavy atom. The number of hydrogen-bond acceptors (Lipinski definition) is 5. The zero-order valence-electron chi connectivity index (χ0n) is 18.6. The van der Waals surface area contributed by atoms with Crippen LogP contribution in [0.15, 0.2) is 93.5 Å². The Bertz CT molecular complexity index is 1150. The minimum absolute atomic E-state index is 0.0538. The number of hydrogen-bond donors (Lipinski definition) is 1. The van der Waals surface area contributed by atoms with Crippen LogP contribution in [0.25, 0.3) is 0 Å². The molecule has 0 aliphatic carbocycles. The van der Waals surface area contributed by atoms with Crippen molar-refractivity contribution in [3.63, 3.8) is 0 Å². The van der Waals surface area contributed by atoms with E-state index >= 15 is 0 Å². The van der Waals surface area contributed by atoms with Gasteiger partial charge in [-0.2, -0.15) is 17.2 Å². The third kappa shape index (κ3) is 6.26. The van der Waals surface area contributed by atoms with Gasteiger partial charge in [0.25, 0.3) is 0 Å². The van der Waals surface area contributed by atoms with Gasteiger partial charge in [0, 0.05) is 7.11 Å². The molecule has 0 aliphatic rings. The highest BCUT2D eigenvalue weighted by Gasteiger charge is 2.51. The summed E-state index contributed by atoms with van der Waals surface area (Å²) in [6, 6.07) is 24.0. The van der Waals surface area contributed by atoms with Crippen molar-refractivity contribution < 1.29 is 36.0 Å². The van der Waals surface area contributed by atoms with Gasteiger partial charge in [0.15, 0.2) is 20.8 Å². The smallest absolute Gasteiger partial charge is 0.405 e. The van der Waals surface area contributed by atoms with Gasteiger partial charge in [0.2, 0.25) is 0 Å². The van der Waals surface area contributed by atoms with E-state index in [1.807, 2.05) is 54.6 Å². The fraction of sp³-hybridized carbons (Fsp3) is 0.250. The SMILES string of the molecule is COCCOc1ccc([S+](c2ccccc2)c2ccc(OC(C)C(F)(F)S(=O)(=O)O)cc2)cc1. The van der Waals surface area contributed by atoms with Gasteiger partial charge in [-0.15, -0.1) is 0 Å². The molecule has 2 atom stereocenters. The highest BCUT2D eigenvalue weighted by atomic mass is 32.2. The molecule has 34 heavy (non-hydrogen) atoms. The van der Waals surface area contributed by atoms with Crippen LogP contribution in [0.2, 0.25) is 0 Å². The predicted molar refractivity (Wildman–Crippen MR) is 125 cm³/mol. The summed E-state index contributed by atoms with van der Waals surface area (Å²) in [5, 5.41) is -4.44. The Kier molecular flexibility index (Phi) is 8.53. The van der Waals surface area contributed by atoms with Gasteiger partial charge >= 0.3 is 15.4 Å². The first-order valence-corrected chi connectivity index (χ1v) is 12.9. The zero-order valence-corrected chi connectivity index (χ0v) is 20.2. The van der Waals surface area contributed by atoms with Crippen LogP contribution < -0.4 is 9.47 Å². The van der Waals surface area contributed by atoms with E-state index in [9.17, 15) is 17.2 Å². The van der Waals surface area contributed by atoms with E-state index in [-0.39, 0.29) is 5.75 Å². The molecule has 0 aromatic heterocycles. The van der Waals surface area contributed by atoms with Gasteiger partial charge in [0.1, 0.15) is 18.1 Å². The number of methoxy groups -OCH3 is 1. The molecule has 10 heteroatoms. The van der Waals surface area contributed by atoms with E-state index in [1.54, 1.807) is 19.2 Å². The molecule has 182 valence electrons. The average Bonchev–Trinajstić information content (AvgIpc) is 2.81. The number of halogens is 2. The molecule has 6 nitrogen and oxygen atoms in total. The summed E-state index contributed by atoms with van der Waals surface area (Å²) < 4.78 is 74.0. The van der Waals surface area contributed by atoms with E-state index in [0.29, 0.717) is 13.2 Å². The van der Waals surface area contributed by atoms with Crippen molar-refractivity contribution >= 4 is 21.0 Å². The predicted octanol–water partition coefficient (Wildman–Crippen LogP) is 5.06. The van der Waals surface area contributed by atoms with E-state index in [4.69, 9.17) is 18.8 Å². The Morgan fingerprint density at radius 3 is 1.85 bits per heavy atom. The lowest BCUT2D eigenvalue weighted by Gasteiger charge is -2.21. The molecule has 0 bridgehead atoms. The minimum Gasteiger partial charge on any atom is -0.491 e. The lowest BCUT2D eigenvalue weighted by Crippen LogP contribution is -2.42. The minimum atomic E-state index is -5.60. The second-order valence-corrected chi connectivity index (χ2v) is 10.7. The van der Waals surface area contributed by atoms with Crippen molar-refractivity contribution in [2.45, 2.75) is 33.0 Å². The first kappa shape index (κ1) is 26.0. The molecule has 3 rings (SSSR count). The lowest BCUT2D eigenvalue weighted by atomic mass is 10.3. The van der Waals surface area contributed by atoms with Crippen LogP contribution in [-0.2, 0) is 25.7 Å². The molecule has 0 spiro atoms. The van der Waals surface area contributed by atoms with Crippen LogP contribution >= 0.6 is 0 Å². The molecule has 2 unspecified atom stereocenters. The highest BCUT2D eigenvalue weighted by Crippen LogP contribution is 2.34. The first-order chi connectivity index (χ1) is 16.1. The Morgan fingerprint density at radius 2 is 1.35 bits per heavy atom. The molecule has 0 radical (unpaired) electrons. The highest BCUT2D eigenvalue weighted by molar-refractivity contribution is 7.97. The van der Waals surface area contributed by atoms with Crippen LogP contribution in [0.4, 0.5) is 8.78 Å². The molecule has 3 aromatic rings. The summed E-state index contributed by atoms with van der Waals surface area (Å²) in [6.45, 7) is 1.81. The van der Waals surface area contributed by atoms with Gasteiger partial charge in [-0.25, -0.2) is 0 Å². The molecule has 0 amide bonds. The molecular formula is C24H25F2O6S2+. The maximum Gasteiger partial charge on any atom is 0.405 e. The molecule has 0 fully saturated rings. The fourth-order valence-corrected chi connectivity index (χ4v) is 5.55. The molecule has 0 heterocycles. The first-order valence-electron chi connectivity index (χ1n) is 10.3.